The van der Waals surface area contributed by atoms with Crippen LogP contribution >= 0.6 is 15.9 Å². The van der Waals surface area contributed by atoms with Crippen molar-refractivity contribution in [1.29, 1.82) is 0 Å². The molecule has 3 rings (SSSR count). The van der Waals surface area contributed by atoms with Crippen LogP contribution in [0.1, 0.15) is 12.6 Å². The molecule has 0 fully saturated rings. The van der Waals surface area contributed by atoms with E-state index in [-0.39, 0.29) is 33.7 Å². The number of rotatable bonds is 4. The van der Waals surface area contributed by atoms with Crippen molar-refractivity contribution in [3.63, 3.8) is 0 Å². The zero-order valence-electron chi connectivity index (χ0n) is 14.4. The third-order valence-corrected chi connectivity index (χ3v) is 5.98. The van der Waals surface area contributed by atoms with E-state index < -0.39 is 21.7 Å². The van der Waals surface area contributed by atoms with E-state index in [1.54, 1.807) is 0 Å². The molecule has 3 aromatic rings. The monoisotopic (exact) mass is 476 g/mol. The summed E-state index contributed by atoms with van der Waals surface area (Å²) < 4.78 is 65.3. The van der Waals surface area contributed by atoms with E-state index in [2.05, 4.69) is 41.1 Å². The minimum Gasteiger partial charge on any atom is -0.307 e. The van der Waals surface area contributed by atoms with Crippen LogP contribution in [0, 0.1) is 0 Å². The van der Waals surface area contributed by atoms with Gasteiger partial charge in [0.25, 0.3) is 0 Å². The molecule has 3 heterocycles. The zero-order chi connectivity index (χ0) is 20.7. The molecular formula is C15H12BrF3N6O2S. The Morgan fingerprint density at radius 1 is 1.11 bits per heavy atom. The quantitative estimate of drug-likeness (QED) is 0.569. The number of alkyl halides is 3. The Balaban J connectivity index is 2.16. The molecule has 13 heteroatoms. The summed E-state index contributed by atoms with van der Waals surface area (Å²) in [6.07, 6.45) is -2.48. The minimum absolute atomic E-state index is 0.00691. The third kappa shape index (κ3) is 3.76. The number of aromatic nitrogens is 6. The minimum atomic E-state index is -4.64. The topological polar surface area (TPSA) is 104 Å². The molecule has 0 aliphatic heterocycles. The fraction of sp³-hybridized carbons (Fsp3) is 0.267. The standard InChI is InChI=1S/C15H12BrF3N6O2S/c1-3-28(26,27)10-4-8(16)6-20-12(10)14-24-23-13(25(14)2)9-5-11(15(17,18)19)22-7-21-9/h4-7H,3H2,1-2H3. The van der Waals surface area contributed by atoms with Crippen molar-refractivity contribution in [3.05, 3.63) is 34.8 Å². The molecule has 148 valence electrons. The largest absolute Gasteiger partial charge is 0.433 e. The SMILES string of the molecule is CCS(=O)(=O)c1cc(Br)cnc1-c1nnc(-c2cc(C(F)(F)F)ncn2)n1C. The molecule has 0 bridgehead atoms. The fourth-order valence-corrected chi connectivity index (χ4v) is 3.91. The summed E-state index contributed by atoms with van der Waals surface area (Å²) >= 11 is 3.18. The van der Waals surface area contributed by atoms with Crippen molar-refractivity contribution in [2.24, 2.45) is 7.05 Å². The predicted octanol–water partition coefficient (Wildman–Crippen LogP) is 2.91. The molecule has 0 atom stereocenters. The van der Waals surface area contributed by atoms with Crippen LogP contribution in [0.5, 0.6) is 0 Å². The molecule has 0 radical (unpaired) electrons. The van der Waals surface area contributed by atoms with Gasteiger partial charge in [-0.15, -0.1) is 10.2 Å². The van der Waals surface area contributed by atoms with Gasteiger partial charge in [0.05, 0.1) is 10.6 Å². The van der Waals surface area contributed by atoms with Crippen LogP contribution in [0.3, 0.4) is 0 Å². The summed E-state index contributed by atoms with van der Waals surface area (Å²) in [7, 11) is -2.17. The first-order chi connectivity index (χ1) is 13.0. The summed E-state index contributed by atoms with van der Waals surface area (Å²) in [4.78, 5) is 11.1. The summed E-state index contributed by atoms with van der Waals surface area (Å²) in [5.41, 5.74) is -1.20. The number of pyridine rings is 1. The Kier molecular flexibility index (Phi) is 5.23. The van der Waals surface area contributed by atoms with Crippen molar-refractivity contribution in [3.8, 4) is 23.0 Å². The molecule has 0 saturated heterocycles. The van der Waals surface area contributed by atoms with E-state index in [1.807, 2.05) is 0 Å². The van der Waals surface area contributed by atoms with Gasteiger partial charge in [0.1, 0.15) is 23.4 Å². The van der Waals surface area contributed by atoms with Crippen LogP contribution in [0.15, 0.2) is 34.0 Å². The maximum absolute atomic E-state index is 12.9. The van der Waals surface area contributed by atoms with E-state index in [4.69, 9.17) is 0 Å². The molecule has 0 N–H and O–H groups in total. The lowest BCUT2D eigenvalue weighted by Gasteiger charge is -2.10. The van der Waals surface area contributed by atoms with Gasteiger partial charge in [0, 0.05) is 17.7 Å². The second kappa shape index (κ2) is 7.20. The predicted molar refractivity (Wildman–Crippen MR) is 95.7 cm³/mol. The van der Waals surface area contributed by atoms with Crippen LogP contribution in [0.25, 0.3) is 23.0 Å². The van der Waals surface area contributed by atoms with Crippen LogP contribution in [-0.4, -0.2) is 43.9 Å². The van der Waals surface area contributed by atoms with Crippen LogP contribution in [-0.2, 0) is 23.1 Å². The molecule has 0 amide bonds. The molecule has 0 spiro atoms. The Morgan fingerprint density at radius 2 is 1.79 bits per heavy atom. The molecule has 8 nitrogen and oxygen atoms in total. The maximum Gasteiger partial charge on any atom is 0.433 e. The molecule has 0 saturated carbocycles. The average Bonchev–Trinajstić information content (AvgIpc) is 3.02. The number of hydrogen-bond donors (Lipinski definition) is 0. The van der Waals surface area contributed by atoms with Crippen molar-refractivity contribution in [2.45, 2.75) is 18.0 Å². The van der Waals surface area contributed by atoms with E-state index in [1.165, 1.54) is 30.8 Å². The molecule has 0 unspecified atom stereocenters. The average molecular weight is 477 g/mol. The van der Waals surface area contributed by atoms with Crippen molar-refractivity contribution in [2.75, 3.05) is 5.75 Å². The van der Waals surface area contributed by atoms with Gasteiger partial charge in [0.15, 0.2) is 21.5 Å². The normalized spacial score (nSPS) is 12.4. The summed E-state index contributed by atoms with van der Waals surface area (Å²) in [6, 6.07) is 2.13. The number of hydrogen-bond acceptors (Lipinski definition) is 7. The first kappa shape index (κ1) is 20.3. The molecule has 0 aromatic carbocycles. The van der Waals surface area contributed by atoms with E-state index in [0.29, 0.717) is 4.47 Å². The number of sulfone groups is 1. The van der Waals surface area contributed by atoms with Crippen LogP contribution in [0.2, 0.25) is 0 Å². The number of nitrogens with zero attached hydrogens (tertiary/aromatic N) is 6. The van der Waals surface area contributed by atoms with Gasteiger partial charge in [-0.25, -0.2) is 18.4 Å². The van der Waals surface area contributed by atoms with Gasteiger partial charge in [0.2, 0.25) is 0 Å². The zero-order valence-corrected chi connectivity index (χ0v) is 16.8. The Labute approximate surface area is 165 Å². The Hall–Kier alpha value is -2.41. The van der Waals surface area contributed by atoms with Gasteiger partial charge in [-0.05, 0) is 28.1 Å². The van der Waals surface area contributed by atoms with Gasteiger partial charge in [-0.1, -0.05) is 6.92 Å². The smallest absolute Gasteiger partial charge is 0.307 e. The van der Waals surface area contributed by atoms with Gasteiger partial charge in [-0.2, -0.15) is 13.2 Å². The van der Waals surface area contributed by atoms with Crippen LogP contribution < -0.4 is 0 Å². The second-order valence-corrected chi connectivity index (χ2v) is 8.76. The van der Waals surface area contributed by atoms with Gasteiger partial charge in [-0.3, -0.25) is 4.98 Å². The third-order valence-electron chi connectivity index (χ3n) is 3.81. The molecule has 0 aliphatic carbocycles. The molecule has 3 aromatic heterocycles. The number of halogens is 4. The fourth-order valence-electron chi connectivity index (χ4n) is 2.37. The summed E-state index contributed by atoms with van der Waals surface area (Å²) in [5, 5.41) is 7.79. The maximum atomic E-state index is 12.9. The molecular weight excluding hydrogens is 465 g/mol. The highest BCUT2D eigenvalue weighted by molar-refractivity contribution is 9.10. The lowest BCUT2D eigenvalue weighted by Crippen LogP contribution is -2.10. The summed E-state index contributed by atoms with van der Waals surface area (Å²) in [5.74, 6) is -0.0851. The first-order valence-corrected chi connectivity index (χ1v) is 10.2. The van der Waals surface area contributed by atoms with Crippen molar-refractivity contribution in [1.82, 2.24) is 29.7 Å². The van der Waals surface area contributed by atoms with E-state index >= 15 is 0 Å². The molecule has 0 aliphatic rings. The van der Waals surface area contributed by atoms with Crippen molar-refractivity contribution >= 4 is 25.8 Å². The Bertz CT molecular complexity index is 1150. The van der Waals surface area contributed by atoms with Crippen molar-refractivity contribution < 1.29 is 21.6 Å². The summed E-state index contributed by atoms with van der Waals surface area (Å²) in [6.45, 7) is 1.49. The van der Waals surface area contributed by atoms with E-state index in [0.717, 1.165) is 12.4 Å². The van der Waals surface area contributed by atoms with Gasteiger partial charge >= 0.3 is 6.18 Å². The lowest BCUT2D eigenvalue weighted by molar-refractivity contribution is -0.141. The Morgan fingerprint density at radius 3 is 2.43 bits per heavy atom. The highest BCUT2D eigenvalue weighted by Gasteiger charge is 2.33. The first-order valence-electron chi connectivity index (χ1n) is 7.72. The van der Waals surface area contributed by atoms with E-state index in [9.17, 15) is 21.6 Å². The van der Waals surface area contributed by atoms with Gasteiger partial charge < -0.3 is 4.57 Å². The lowest BCUT2D eigenvalue weighted by atomic mass is 10.3. The highest BCUT2D eigenvalue weighted by Crippen LogP contribution is 2.31. The highest BCUT2D eigenvalue weighted by atomic mass is 79.9. The van der Waals surface area contributed by atoms with Crippen LogP contribution in [0.4, 0.5) is 13.2 Å². The second-order valence-electron chi connectivity index (χ2n) is 5.60. The molecule has 28 heavy (non-hydrogen) atoms.